The Balaban J connectivity index is 1.59. The van der Waals surface area contributed by atoms with Crippen molar-refractivity contribution in [2.45, 2.75) is 25.4 Å². The molecule has 3 heterocycles. The van der Waals surface area contributed by atoms with E-state index < -0.39 is 0 Å². The molecule has 1 amide bonds. The van der Waals surface area contributed by atoms with E-state index in [1.807, 2.05) is 25.1 Å². The monoisotopic (exact) mass is 503 g/mol. The molecule has 9 heteroatoms. The lowest BCUT2D eigenvalue weighted by Crippen LogP contribution is -2.32. The number of nitriles is 1. The van der Waals surface area contributed by atoms with Gasteiger partial charge in [-0.25, -0.2) is 4.98 Å². The Morgan fingerprint density at radius 1 is 1.21 bits per heavy atom. The van der Waals surface area contributed by atoms with Crippen LogP contribution in [0, 0.1) is 17.2 Å². The summed E-state index contributed by atoms with van der Waals surface area (Å²) in [5.41, 5.74) is 0.967. The average molecular weight is 505 g/mol. The van der Waals surface area contributed by atoms with Gasteiger partial charge in [-0.05, 0) is 42.8 Å². The number of rotatable bonds is 6. The fourth-order valence-corrected chi connectivity index (χ4v) is 4.52. The van der Waals surface area contributed by atoms with Crippen molar-refractivity contribution in [3.8, 4) is 11.9 Å². The van der Waals surface area contributed by atoms with Crippen LogP contribution >= 0.6 is 34.8 Å². The number of furan rings is 1. The first-order chi connectivity index (χ1) is 15.9. The number of benzene rings is 1. The van der Waals surface area contributed by atoms with Crippen LogP contribution in [0.3, 0.4) is 0 Å². The van der Waals surface area contributed by atoms with Crippen molar-refractivity contribution in [3.63, 3.8) is 0 Å². The van der Waals surface area contributed by atoms with Crippen molar-refractivity contribution in [2.24, 2.45) is 5.92 Å². The summed E-state index contributed by atoms with van der Waals surface area (Å²) in [6, 6.07) is 14.2. The highest BCUT2D eigenvalue weighted by atomic mass is 35.5. The Bertz CT molecular complexity index is 1190. The second-order valence-electron chi connectivity index (χ2n) is 7.89. The van der Waals surface area contributed by atoms with Crippen LogP contribution < -0.4 is 4.74 Å². The maximum Gasteiger partial charge on any atom is 0.289 e. The molecule has 1 aliphatic rings. The van der Waals surface area contributed by atoms with E-state index in [4.69, 9.17) is 49.2 Å². The molecule has 1 saturated heterocycles. The Labute approximate surface area is 206 Å². The zero-order valence-electron chi connectivity index (χ0n) is 17.7. The van der Waals surface area contributed by atoms with Gasteiger partial charge in [0.2, 0.25) is 5.88 Å². The first-order valence-electron chi connectivity index (χ1n) is 10.3. The lowest BCUT2D eigenvalue weighted by Gasteiger charge is -2.25. The van der Waals surface area contributed by atoms with Crippen molar-refractivity contribution in [1.29, 1.82) is 5.26 Å². The highest BCUT2D eigenvalue weighted by Crippen LogP contribution is 2.39. The van der Waals surface area contributed by atoms with Crippen LogP contribution in [-0.4, -0.2) is 35.0 Å². The molecule has 0 radical (unpaired) electrons. The summed E-state index contributed by atoms with van der Waals surface area (Å²) in [6.45, 7) is 2.86. The molecule has 0 spiro atoms. The third-order valence-corrected chi connectivity index (χ3v) is 6.72. The van der Waals surface area contributed by atoms with E-state index in [1.54, 1.807) is 35.2 Å². The largest absolute Gasteiger partial charge is 0.474 e. The molecule has 0 bridgehead atoms. The van der Waals surface area contributed by atoms with E-state index in [1.165, 1.54) is 6.20 Å². The maximum absolute atomic E-state index is 13.2. The highest BCUT2D eigenvalue weighted by molar-refractivity contribution is 6.42. The zero-order chi connectivity index (χ0) is 23.5. The van der Waals surface area contributed by atoms with Gasteiger partial charge in [-0.3, -0.25) is 4.79 Å². The van der Waals surface area contributed by atoms with Crippen LogP contribution in [0.2, 0.25) is 15.1 Å². The smallest absolute Gasteiger partial charge is 0.289 e. The molecule has 0 N–H and O–H groups in total. The number of pyridine rings is 1. The Hall–Kier alpha value is -2.72. The van der Waals surface area contributed by atoms with E-state index >= 15 is 0 Å². The fraction of sp³-hybridized carbons (Fsp3) is 0.292. The van der Waals surface area contributed by atoms with Gasteiger partial charge in [-0.15, -0.1) is 0 Å². The molecule has 2 aromatic heterocycles. The molecule has 1 fully saturated rings. The van der Waals surface area contributed by atoms with E-state index in [0.29, 0.717) is 39.8 Å². The van der Waals surface area contributed by atoms with Crippen molar-refractivity contribution >= 4 is 40.7 Å². The maximum atomic E-state index is 13.2. The molecule has 0 unspecified atom stereocenters. The van der Waals surface area contributed by atoms with E-state index in [2.05, 4.69) is 4.98 Å². The number of amides is 1. The van der Waals surface area contributed by atoms with Crippen molar-refractivity contribution in [3.05, 3.63) is 80.8 Å². The number of hydrogen-bond donors (Lipinski definition) is 0. The summed E-state index contributed by atoms with van der Waals surface area (Å²) in [4.78, 5) is 19.1. The lowest BCUT2D eigenvalue weighted by atomic mass is 9.86. The number of ether oxygens (including phenoxy) is 1. The topological polar surface area (TPSA) is 79.4 Å². The normalized spacial score (nSPS) is 18.7. The highest BCUT2D eigenvalue weighted by Gasteiger charge is 2.41. The molecule has 0 aliphatic carbocycles. The molecule has 33 heavy (non-hydrogen) atoms. The summed E-state index contributed by atoms with van der Waals surface area (Å²) < 4.78 is 11.7. The van der Waals surface area contributed by atoms with Gasteiger partial charge in [-0.1, -0.05) is 40.9 Å². The number of aromatic nitrogens is 1. The molecule has 3 aromatic rings. The van der Waals surface area contributed by atoms with Gasteiger partial charge in [0.1, 0.15) is 11.9 Å². The van der Waals surface area contributed by atoms with Gasteiger partial charge in [0, 0.05) is 37.2 Å². The summed E-state index contributed by atoms with van der Waals surface area (Å²) >= 11 is 18.3. The molecule has 4 rings (SSSR count). The molecule has 6 nitrogen and oxygen atoms in total. The van der Waals surface area contributed by atoms with Crippen LogP contribution in [0.15, 0.2) is 53.1 Å². The molecular weight excluding hydrogens is 485 g/mol. The van der Waals surface area contributed by atoms with Crippen molar-refractivity contribution in [2.75, 3.05) is 13.1 Å². The minimum Gasteiger partial charge on any atom is -0.474 e. The van der Waals surface area contributed by atoms with Crippen LogP contribution in [0.1, 0.15) is 34.7 Å². The van der Waals surface area contributed by atoms with Crippen LogP contribution in [-0.2, 0) is 6.42 Å². The van der Waals surface area contributed by atoms with E-state index in [0.717, 1.165) is 5.56 Å². The van der Waals surface area contributed by atoms with Crippen LogP contribution in [0.25, 0.3) is 0 Å². The lowest BCUT2D eigenvalue weighted by molar-refractivity contribution is 0.0737. The number of halogens is 3. The SMILES string of the molecule is C[C@@H](Oc1ccc(Cl)cn1)[C@@H]1CN(C(=O)c2ccc(CC#N)o2)C[C@H]1c1ccc(Cl)c(Cl)c1. The second-order valence-corrected chi connectivity index (χ2v) is 9.14. The molecule has 170 valence electrons. The van der Waals surface area contributed by atoms with Crippen molar-refractivity contribution < 1.29 is 13.9 Å². The standard InChI is InChI=1S/C24H20Cl3N3O3/c1-14(32-23-7-3-16(25)11-29-23)18-12-30(24(31)22-6-4-17(33-22)8-9-28)13-19(18)15-2-5-20(26)21(27)10-15/h2-7,10-11,14,18-19H,8,12-13H2,1H3/t14-,18+,19+/m1/s1. The van der Waals surface area contributed by atoms with Gasteiger partial charge in [0.25, 0.3) is 5.91 Å². The summed E-state index contributed by atoms with van der Waals surface area (Å²) in [6.07, 6.45) is 1.38. The predicted octanol–water partition coefficient (Wildman–Crippen LogP) is 6.02. The van der Waals surface area contributed by atoms with Gasteiger partial charge in [0.05, 0.1) is 27.6 Å². The third-order valence-electron chi connectivity index (χ3n) is 5.76. The van der Waals surface area contributed by atoms with Crippen LogP contribution in [0.4, 0.5) is 0 Å². The van der Waals surface area contributed by atoms with E-state index in [9.17, 15) is 4.79 Å². The number of hydrogen-bond acceptors (Lipinski definition) is 5. The zero-order valence-corrected chi connectivity index (χ0v) is 19.9. The van der Waals surface area contributed by atoms with Gasteiger partial charge in [-0.2, -0.15) is 5.26 Å². The second kappa shape index (κ2) is 10.0. The minimum absolute atomic E-state index is 0.0421. The molecular formula is C24H20Cl3N3O3. The predicted molar refractivity (Wildman–Crippen MR) is 126 cm³/mol. The first-order valence-corrected chi connectivity index (χ1v) is 11.5. The summed E-state index contributed by atoms with van der Waals surface area (Å²) in [5.74, 6) is 0.807. The van der Waals surface area contributed by atoms with Crippen LogP contribution in [0.5, 0.6) is 5.88 Å². The minimum atomic E-state index is -0.262. The average Bonchev–Trinajstić information content (AvgIpc) is 3.45. The fourth-order valence-electron chi connectivity index (χ4n) is 4.10. The quantitative estimate of drug-likeness (QED) is 0.410. The molecule has 1 aromatic carbocycles. The Kier molecular flexibility index (Phi) is 7.14. The summed E-state index contributed by atoms with van der Waals surface area (Å²) in [5, 5.41) is 10.3. The van der Waals surface area contributed by atoms with Gasteiger partial charge in [0.15, 0.2) is 5.76 Å². The number of carbonyl (C=O) groups excluding carboxylic acids is 1. The van der Waals surface area contributed by atoms with Crippen molar-refractivity contribution in [1.82, 2.24) is 9.88 Å². The number of carbonyl (C=O) groups is 1. The third kappa shape index (κ3) is 5.27. The molecule has 1 aliphatic heterocycles. The first kappa shape index (κ1) is 23.4. The van der Waals surface area contributed by atoms with Gasteiger partial charge < -0.3 is 14.1 Å². The number of nitrogens with zero attached hydrogens (tertiary/aromatic N) is 3. The molecule has 0 saturated carbocycles. The number of likely N-dealkylation sites (tertiary alicyclic amines) is 1. The van der Waals surface area contributed by atoms with Gasteiger partial charge >= 0.3 is 0 Å². The molecule has 3 atom stereocenters. The summed E-state index contributed by atoms with van der Waals surface area (Å²) in [7, 11) is 0. The van der Waals surface area contributed by atoms with E-state index in [-0.39, 0.29) is 36.0 Å². The Morgan fingerprint density at radius 2 is 2.03 bits per heavy atom. The Morgan fingerprint density at radius 3 is 2.73 bits per heavy atom.